The van der Waals surface area contributed by atoms with Gasteiger partial charge in [-0.1, -0.05) is 0 Å². The van der Waals surface area contributed by atoms with Crippen molar-refractivity contribution >= 4 is 12.2 Å². The quantitative estimate of drug-likeness (QED) is 0.828. The van der Waals surface area contributed by atoms with Crippen LogP contribution in [-0.4, -0.2) is 72.5 Å². The molecule has 24 heavy (non-hydrogen) atoms. The largest absolute Gasteiger partial charge is 0.450 e. The molecule has 1 N–H and O–H groups in total. The van der Waals surface area contributed by atoms with Crippen molar-refractivity contribution in [3.63, 3.8) is 0 Å². The molecule has 1 aliphatic carbocycles. The van der Waals surface area contributed by atoms with Crippen LogP contribution in [0.25, 0.3) is 0 Å². The number of carbonyl (C=O) groups is 2. The second kappa shape index (κ2) is 6.10. The molecule has 5 rings (SSSR count). The Labute approximate surface area is 142 Å². The number of amides is 2. The molecule has 3 unspecified atom stereocenters. The van der Waals surface area contributed by atoms with Crippen LogP contribution < -0.4 is 5.32 Å². The number of carbonyl (C=O) groups excluding carboxylic acids is 2. The van der Waals surface area contributed by atoms with Gasteiger partial charge in [0.1, 0.15) is 5.60 Å². The lowest BCUT2D eigenvalue weighted by molar-refractivity contribution is -0.0574. The number of ether oxygens (including phenoxy) is 2. The smallest absolute Gasteiger partial charge is 0.410 e. The highest BCUT2D eigenvalue weighted by Gasteiger charge is 2.48. The predicted molar refractivity (Wildman–Crippen MR) is 86.7 cm³/mol. The maximum Gasteiger partial charge on any atom is 0.410 e. The van der Waals surface area contributed by atoms with E-state index in [4.69, 9.17) is 9.47 Å². The van der Waals surface area contributed by atoms with Crippen molar-refractivity contribution in [1.29, 1.82) is 0 Å². The molecular formula is C17H27N3O4. The lowest BCUT2D eigenvalue weighted by atomic mass is 9.74. The van der Waals surface area contributed by atoms with Crippen LogP contribution >= 0.6 is 0 Å². The van der Waals surface area contributed by atoms with Crippen LogP contribution in [0.4, 0.5) is 9.59 Å². The molecule has 4 aliphatic heterocycles. The van der Waals surface area contributed by atoms with E-state index in [-0.39, 0.29) is 17.8 Å². The summed E-state index contributed by atoms with van der Waals surface area (Å²) in [6, 6.07) is 0.873. The molecule has 0 aromatic rings. The van der Waals surface area contributed by atoms with Crippen molar-refractivity contribution in [2.24, 2.45) is 5.92 Å². The zero-order valence-electron chi connectivity index (χ0n) is 14.3. The van der Waals surface area contributed by atoms with Crippen LogP contribution in [0.3, 0.4) is 0 Å². The van der Waals surface area contributed by atoms with Gasteiger partial charge in [0.2, 0.25) is 0 Å². The Bertz CT molecular complexity index is 518. The van der Waals surface area contributed by atoms with E-state index < -0.39 is 0 Å². The normalized spacial score (nSPS) is 35.0. The topological polar surface area (TPSA) is 71.1 Å². The molecular weight excluding hydrogens is 310 g/mol. The van der Waals surface area contributed by atoms with Gasteiger partial charge in [0.15, 0.2) is 0 Å². The first-order chi connectivity index (χ1) is 11.6. The van der Waals surface area contributed by atoms with Crippen LogP contribution in [-0.2, 0) is 9.47 Å². The van der Waals surface area contributed by atoms with E-state index in [1.807, 2.05) is 11.8 Å². The summed E-state index contributed by atoms with van der Waals surface area (Å²) < 4.78 is 10.7. The number of nitrogens with zero attached hydrogens (tertiary/aromatic N) is 2. The van der Waals surface area contributed by atoms with Crippen molar-refractivity contribution in [3.05, 3.63) is 0 Å². The summed E-state index contributed by atoms with van der Waals surface area (Å²) in [6.07, 6.45) is 4.73. The van der Waals surface area contributed by atoms with Crippen molar-refractivity contribution in [3.8, 4) is 0 Å². The number of fused-ring (bicyclic) bond motifs is 3. The van der Waals surface area contributed by atoms with Crippen LogP contribution in [0.5, 0.6) is 0 Å². The first-order valence-corrected chi connectivity index (χ1v) is 9.24. The molecule has 5 fully saturated rings. The Hall–Kier alpha value is -1.50. The third kappa shape index (κ3) is 2.72. The minimum Gasteiger partial charge on any atom is -0.450 e. The monoisotopic (exact) mass is 337 g/mol. The van der Waals surface area contributed by atoms with E-state index in [1.165, 1.54) is 6.42 Å². The molecule has 5 aliphatic rings. The fourth-order valence-corrected chi connectivity index (χ4v) is 5.01. The number of nitrogens with one attached hydrogen (secondary N) is 1. The van der Waals surface area contributed by atoms with Gasteiger partial charge in [-0.2, -0.15) is 0 Å². The number of alkyl carbamates (subject to hydrolysis) is 1. The molecule has 4 saturated heterocycles. The lowest BCUT2D eigenvalue weighted by Gasteiger charge is -2.53. The van der Waals surface area contributed by atoms with E-state index in [9.17, 15) is 9.59 Å². The standard InChI is InChI=1S/C17H27N3O4/c1-2-23-16(22)20-10-12-3-4-13(20)9-14(12)19-7-5-17(6-8-19)11-18-15(21)24-17/h12-14H,2-11H2,1H3,(H,18,21). The SMILES string of the molecule is CCOC(=O)N1CC2CCC1CC2N1CCC2(CC1)CNC(=O)O2. The highest BCUT2D eigenvalue weighted by Crippen LogP contribution is 2.40. The summed E-state index contributed by atoms with van der Waals surface area (Å²) in [4.78, 5) is 28.0. The van der Waals surface area contributed by atoms with Crippen LogP contribution in [0.1, 0.15) is 39.0 Å². The first kappa shape index (κ1) is 16.0. The van der Waals surface area contributed by atoms with E-state index in [2.05, 4.69) is 10.2 Å². The highest BCUT2D eigenvalue weighted by atomic mass is 16.6. The van der Waals surface area contributed by atoms with Crippen LogP contribution in [0, 0.1) is 5.92 Å². The Morgan fingerprint density at radius 3 is 2.75 bits per heavy atom. The third-order valence-electron chi connectivity index (χ3n) is 6.35. The maximum atomic E-state index is 12.1. The molecule has 3 atom stereocenters. The van der Waals surface area contributed by atoms with Gasteiger partial charge in [-0.15, -0.1) is 0 Å². The molecule has 7 nitrogen and oxygen atoms in total. The van der Waals surface area contributed by atoms with Crippen LogP contribution in [0.15, 0.2) is 0 Å². The van der Waals surface area contributed by atoms with Crippen molar-refractivity contribution in [1.82, 2.24) is 15.1 Å². The zero-order chi connectivity index (χ0) is 16.7. The Kier molecular flexibility index (Phi) is 4.06. The fraction of sp³-hybridized carbons (Fsp3) is 0.882. The molecule has 4 heterocycles. The molecule has 2 bridgehead atoms. The van der Waals surface area contributed by atoms with Gasteiger partial charge in [-0.3, -0.25) is 4.90 Å². The van der Waals surface area contributed by atoms with Crippen molar-refractivity contribution < 1.29 is 19.1 Å². The van der Waals surface area contributed by atoms with Gasteiger partial charge in [0.05, 0.1) is 13.2 Å². The Balaban J connectivity index is 1.36. The number of hydrogen-bond acceptors (Lipinski definition) is 5. The van der Waals surface area contributed by atoms with Crippen LogP contribution in [0.2, 0.25) is 0 Å². The summed E-state index contributed by atoms with van der Waals surface area (Å²) in [5.41, 5.74) is -0.280. The molecule has 1 saturated carbocycles. The molecule has 0 aromatic heterocycles. The molecule has 2 amide bonds. The summed E-state index contributed by atoms with van der Waals surface area (Å²) in [5.74, 6) is 0.540. The Morgan fingerprint density at radius 2 is 2.17 bits per heavy atom. The number of rotatable bonds is 2. The number of likely N-dealkylation sites (tertiary alicyclic amines) is 1. The van der Waals surface area contributed by atoms with Gasteiger partial charge in [-0.05, 0) is 32.1 Å². The maximum absolute atomic E-state index is 12.1. The lowest BCUT2D eigenvalue weighted by Crippen LogP contribution is -2.62. The number of piperidine rings is 3. The van der Waals surface area contributed by atoms with Crippen molar-refractivity contribution in [2.75, 3.05) is 32.8 Å². The molecule has 134 valence electrons. The molecule has 0 radical (unpaired) electrons. The summed E-state index contributed by atoms with van der Waals surface area (Å²) in [5, 5.41) is 2.79. The average Bonchev–Trinajstić information content (AvgIpc) is 2.96. The fourth-order valence-electron chi connectivity index (χ4n) is 5.01. The average molecular weight is 337 g/mol. The molecule has 7 heteroatoms. The zero-order valence-corrected chi connectivity index (χ0v) is 14.3. The van der Waals surface area contributed by atoms with E-state index in [1.54, 1.807) is 0 Å². The summed E-state index contributed by atoms with van der Waals surface area (Å²) in [7, 11) is 0. The number of hydrogen-bond donors (Lipinski definition) is 1. The minimum atomic E-state index is -0.280. The Morgan fingerprint density at radius 1 is 1.38 bits per heavy atom. The molecule has 1 spiro atoms. The highest BCUT2D eigenvalue weighted by molar-refractivity contribution is 5.70. The van der Waals surface area contributed by atoms with E-state index in [0.717, 1.165) is 45.3 Å². The third-order valence-corrected chi connectivity index (χ3v) is 6.35. The first-order valence-electron chi connectivity index (χ1n) is 9.24. The van der Waals surface area contributed by atoms with Gasteiger partial charge in [0, 0.05) is 44.6 Å². The van der Waals surface area contributed by atoms with E-state index >= 15 is 0 Å². The van der Waals surface area contributed by atoms with Crippen molar-refractivity contribution in [2.45, 2.75) is 56.7 Å². The van der Waals surface area contributed by atoms with Gasteiger partial charge in [-0.25, -0.2) is 9.59 Å². The second-order valence-corrected chi connectivity index (χ2v) is 7.61. The predicted octanol–water partition coefficient (Wildman–Crippen LogP) is 1.57. The minimum absolute atomic E-state index is 0.146. The van der Waals surface area contributed by atoms with E-state index in [0.29, 0.717) is 31.2 Å². The van der Waals surface area contributed by atoms with Gasteiger partial charge < -0.3 is 19.7 Å². The summed E-state index contributed by atoms with van der Waals surface area (Å²) in [6.45, 7) is 5.72. The van der Waals surface area contributed by atoms with Gasteiger partial charge >= 0.3 is 12.2 Å². The van der Waals surface area contributed by atoms with Gasteiger partial charge in [0.25, 0.3) is 0 Å². The molecule has 0 aromatic carbocycles. The summed E-state index contributed by atoms with van der Waals surface area (Å²) >= 11 is 0. The second-order valence-electron chi connectivity index (χ2n) is 7.61.